The molecule has 0 spiro atoms. The summed E-state index contributed by atoms with van der Waals surface area (Å²) in [4.78, 5) is 2.55. The highest BCUT2D eigenvalue weighted by atomic mass is 79.9. The second kappa shape index (κ2) is 6.48. The molecule has 0 aliphatic heterocycles. The Kier molecular flexibility index (Phi) is 5.08. The van der Waals surface area contributed by atoms with Gasteiger partial charge < -0.3 is 5.73 Å². The van der Waals surface area contributed by atoms with Gasteiger partial charge in [0.2, 0.25) is 10.0 Å². The number of nitrogens with one attached hydrogen (secondary N) is 1. The maximum absolute atomic E-state index is 12.4. The smallest absolute Gasteiger partial charge is 0.242 e. The molecule has 1 unspecified atom stereocenters. The largest absolute Gasteiger partial charge is 0.399 e. The fraction of sp³-hybridized carbons (Fsp3) is 0.286. The third kappa shape index (κ3) is 4.29. The summed E-state index contributed by atoms with van der Waals surface area (Å²) in [6.07, 6.45) is 0.664. The molecule has 0 radical (unpaired) electrons. The summed E-state index contributed by atoms with van der Waals surface area (Å²) >= 11 is 4.93. The molecule has 2 rings (SSSR count). The van der Waals surface area contributed by atoms with Crippen molar-refractivity contribution in [1.82, 2.24) is 4.72 Å². The van der Waals surface area contributed by atoms with E-state index in [0.717, 1.165) is 4.88 Å². The fourth-order valence-electron chi connectivity index (χ4n) is 1.99. The summed E-state index contributed by atoms with van der Waals surface area (Å²) < 4.78 is 28.0. The molecule has 0 amide bonds. The zero-order valence-electron chi connectivity index (χ0n) is 11.8. The average molecular weight is 389 g/mol. The molecule has 21 heavy (non-hydrogen) atoms. The number of hydrogen-bond acceptors (Lipinski definition) is 4. The number of sulfonamides is 1. The van der Waals surface area contributed by atoms with Gasteiger partial charge in [-0.2, -0.15) is 0 Å². The molecule has 1 aromatic heterocycles. The number of thiophene rings is 1. The van der Waals surface area contributed by atoms with Gasteiger partial charge in [0.25, 0.3) is 0 Å². The minimum atomic E-state index is -3.60. The number of halogens is 1. The molecule has 0 saturated carbocycles. The van der Waals surface area contributed by atoms with Crippen LogP contribution in [0, 0.1) is 6.92 Å². The van der Waals surface area contributed by atoms with Crippen LogP contribution in [-0.2, 0) is 16.4 Å². The monoisotopic (exact) mass is 388 g/mol. The highest BCUT2D eigenvalue weighted by Gasteiger charge is 2.20. The number of aryl methyl sites for hydroxylation is 1. The van der Waals surface area contributed by atoms with Gasteiger partial charge in [0.15, 0.2) is 0 Å². The van der Waals surface area contributed by atoms with Crippen molar-refractivity contribution in [3.63, 3.8) is 0 Å². The molecule has 1 heterocycles. The van der Waals surface area contributed by atoms with E-state index in [0.29, 0.717) is 16.6 Å². The lowest BCUT2D eigenvalue weighted by molar-refractivity contribution is 0.560. The molecule has 0 fully saturated rings. The Balaban J connectivity index is 2.15. The number of nitrogen functional groups attached to an aromatic ring is 1. The first-order chi connectivity index (χ1) is 9.78. The van der Waals surface area contributed by atoms with Gasteiger partial charge in [-0.3, -0.25) is 0 Å². The molecule has 4 nitrogen and oxygen atoms in total. The average Bonchev–Trinajstić information content (AvgIpc) is 2.76. The van der Waals surface area contributed by atoms with E-state index < -0.39 is 10.0 Å². The SMILES string of the molecule is Cc1ccc(CC(C)NS(=O)(=O)c2cc(N)ccc2Br)s1. The summed E-state index contributed by atoms with van der Waals surface area (Å²) in [6, 6.07) is 8.62. The summed E-state index contributed by atoms with van der Waals surface area (Å²) in [5, 5.41) is 0. The van der Waals surface area contributed by atoms with Crippen LogP contribution < -0.4 is 10.5 Å². The van der Waals surface area contributed by atoms with Gasteiger partial charge in [-0.1, -0.05) is 0 Å². The molecular formula is C14H17BrN2O2S2. The minimum Gasteiger partial charge on any atom is -0.399 e. The van der Waals surface area contributed by atoms with Crippen LogP contribution in [0.3, 0.4) is 0 Å². The van der Waals surface area contributed by atoms with Gasteiger partial charge in [0.1, 0.15) is 0 Å². The lowest BCUT2D eigenvalue weighted by atomic mass is 10.2. The summed E-state index contributed by atoms with van der Waals surface area (Å²) in [5.41, 5.74) is 6.09. The van der Waals surface area contributed by atoms with Crippen LogP contribution >= 0.6 is 27.3 Å². The van der Waals surface area contributed by atoms with Crippen LogP contribution in [0.25, 0.3) is 0 Å². The first kappa shape index (κ1) is 16.5. The third-order valence-corrected chi connectivity index (χ3v) is 6.51. The second-order valence-electron chi connectivity index (χ2n) is 4.93. The summed E-state index contributed by atoms with van der Waals surface area (Å²) in [5.74, 6) is 0. The van der Waals surface area contributed by atoms with Gasteiger partial charge in [-0.25, -0.2) is 13.1 Å². The Hall–Kier alpha value is -0.890. The maximum atomic E-state index is 12.4. The Morgan fingerprint density at radius 3 is 2.67 bits per heavy atom. The predicted octanol–water partition coefficient (Wildman–Crippen LogP) is 3.31. The molecule has 7 heteroatoms. The molecule has 1 aromatic carbocycles. The topological polar surface area (TPSA) is 72.2 Å². The Bertz CT molecular complexity index is 741. The van der Waals surface area contributed by atoms with Crippen LogP contribution in [0.5, 0.6) is 0 Å². The number of hydrogen-bond donors (Lipinski definition) is 2. The van der Waals surface area contributed by atoms with Gasteiger partial charge in [-0.05, 0) is 66.5 Å². The lowest BCUT2D eigenvalue weighted by Gasteiger charge is -2.14. The van der Waals surface area contributed by atoms with Crippen molar-refractivity contribution in [2.45, 2.75) is 31.2 Å². The highest BCUT2D eigenvalue weighted by molar-refractivity contribution is 9.10. The number of rotatable bonds is 5. The maximum Gasteiger partial charge on any atom is 0.242 e. The standard InChI is InChI=1S/C14H17BrN2O2S2/c1-9(7-12-5-3-10(2)20-12)17-21(18,19)14-8-11(16)4-6-13(14)15/h3-6,8-9,17H,7,16H2,1-2H3. The van der Waals surface area contributed by atoms with Gasteiger partial charge in [0.05, 0.1) is 4.90 Å². The van der Waals surface area contributed by atoms with E-state index in [-0.39, 0.29) is 10.9 Å². The van der Waals surface area contributed by atoms with Crippen molar-refractivity contribution >= 4 is 43.0 Å². The number of benzene rings is 1. The van der Waals surface area contributed by atoms with Crippen molar-refractivity contribution < 1.29 is 8.42 Å². The van der Waals surface area contributed by atoms with Crippen LogP contribution in [0.1, 0.15) is 16.7 Å². The van der Waals surface area contributed by atoms with Crippen LogP contribution in [0.2, 0.25) is 0 Å². The number of nitrogens with two attached hydrogens (primary N) is 1. The molecule has 1 atom stereocenters. The lowest BCUT2D eigenvalue weighted by Crippen LogP contribution is -2.34. The van der Waals surface area contributed by atoms with E-state index in [2.05, 4.69) is 20.7 Å². The van der Waals surface area contributed by atoms with Crippen molar-refractivity contribution in [3.8, 4) is 0 Å². The van der Waals surface area contributed by atoms with E-state index in [4.69, 9.17) is 5.73 Å². The molecule has 0 aliphatic rings. The van der Waals surface area contributed by atoms with Crippen LogP contribution in [0.4, 0.5) is 5.69 Å². The molecule has 0 saturated heterocycles. The fourth-order valence-corrected chi connectivity index (χ4v) is 5.25. The van der Waals surface area contributed by atoms with Gasteiger partial charge in [0, 0.05) is 26.0 Å². The first-order valence-electron chi connectivity index (χ1n) is 6.40. The Morgan fingerprint density at radius 2 is 2.05 bits per heavy atom. The number of anilines is 1. The van der Waals surface area contributed by atoms with E-state index >= 15 is 0 Å². The first-order valence-corrected chi connectivity index (χ1v) is 9.50. The van der Waals surface area contributed by atoms with Crippen molar-refractivity contribution in [2.24, 2.45) is 0 Å². The molecule has 2 aromatic rings. The van der Waals surface area contributed by atoms with Crippen LogP contribution in [-0.4, -0.2) is 14.5 Å². The zero-order valence-corrected chi connectivity index (χ0v) is 15.0. The second-order valence-corrected chi connectivity index (χ2v) is 8.84. The normalized spacial score (nSPS) is 13.3. The van der Waals surface area contributed by atoms with E-state index in [1.807, 2.05) is 26.0 Å². The van der Waals surface area contributed by atoms with Gasteiger partial charge in [-0.15, -0.1) is 11.3 Å². The van der Waals surface area contributed by atoms with Gasteiger partial charge >= 0.3 is 0 Å². The summed E-state index contributed by atoms with van der Waals surface area (Å²) in [7, 11) is -3.60. The van der Waals surface area contributed by atoms with Crippen molar-refractivity contribution in [3.05, 3.63) is 44.6 Å². The molecule has 0 aliphatic carbocycles. The van der Waals surface area contributed by atoms with E-state index in [1.54, 1.807) is 23.5 Å². The Morgan fingerprint density at radius 1 is 1.33 bits per heavy atom. The van der Waals surface area contributed by atoms with Crippen molar-refractivity contribution in [2.75, 3.05) is 5.73 Å². The molecule has 3 N–H and O–H groups in total. The quantitative estimate of drug-likeness (QED) is 0.771. The molecule has 114 valence electrons. The van der Waals surface area contributed by atoms with Crippen molar-refractivity contribution in [1.29, 1.82) is 0 Å². The molecule has 0 bridgehead atoms. The van der Waals surface area contributed by atoms with Crippen LogP contribution in [0.15, 0.2) is 39.7 Å². The molecular weight excluding hydrogens is 372 g/mol. The third-order valence-electron chi connectivity index (χ3n) is 2.90. The minimum absolute atomic E-state index is 0.164. The van der Waals surface area contributed by atoms with E-state index in [1.165, 1.54) is 10.9 Å². The van der Waals surface area contributed by atoms with E-state index in [9.17, 15) is 8.42 Å². The zero-order chi connectivity index (χ0) is 15.6. The predicted molar refractivity (Wildman–Crippen MR) is 91.1 cm³/mol. The Labute approximate surface area is 137 Å². The summed E-state index contributed by atoms with van der Waals surface area (Å²) in [6.45, 7) is 3.89. The highest BCUT2D eigenvalue weighted by Crippen LogP contribution is 2.25.